The first-order chi connectivity index (χ1) is 21.8. The Bertz CT molecular complexity index is 2160. The SMILES string of the molecule is CCC1=Nc2ccccc2/C1=C\c1ccc(-c2c3ccccc3c(-c3ccc(-c4ccccc4)cc3)c3ccccc23)cc1. The highest BCUT2D eigenvalue weighted by atomic mass is 14.8. The average molecular weight is 562 g/mol. The van der Waals surface area contributed by atoms with Gasteiger partial charge in [0.1, 0.15) is 0 Å². The van der Waals surface area contributed by atoms with Gasteiger partial charge in [0.05, 0.1) is 5.69 Å². The van der Waals surface area contributed by atoms with Gasteiger partial charge in [0.25, 0.3) is 0 Å². The van der Waals surface area contributed by atoms with Crippen molar-refractivity contribution < 1.29 is 0 Å². The zero-order chi connectivity index (χ0) is 29.5. The Morgan fingerprint density at radius 1 is 0.455 bits per heavy atom. The maximum absolute atomic E-state index is 4.88. The second-order valence-electron chi connectivity index (χ2n) is 11.4. The van der Waals surface area contributed by atoms with Crippen LogP contribution in [0, 0.1) is 0 Å². The van der Waals surface area contributed by atoms with Crippen molar-refractivity contribution in [3.8, 4) is 33.4 Å². The van der Waals surface area contributed by atoms with Gasteiger partial charge in [0.15, 0.2) is 0 Å². The number of fused-ring (bicyclic) bond motifs is 3. The number of aliphatic imine (C=N–C) groups is 1. The van der Waals surface area contributed by atoms with Gasteiger partial charge in [0, 0.05) is 16.8 Å². The molecule has 7 aromatic rings. The first kappa shape index (κ1) is 26.1. The lowest BCUT2D eigenvalue weighted by molar-refractivity contribution is 1.30. The van der Waals surface area contributed by atoms with Gasteiger partial charge >= 0.3 is 0 Å². The van der Waals surface area contributed by atoms with Crippen LogP contribution in [0.5, 0.6) is 0 Å². The molecule has 0 unspecified atom stereocenters. The molecular weight excluding hydrogens is 530 g/mol. The third kappa shape index (κ3) is 4.46. The Morgan fingerprint density at radius 3 is 1.48 bits per heavy atom. The lowest BCUT2D eigenvalue weighted by Crippen LogP contribution is -1.94. The maximum atomic E-state index is 4.88. The van der Waals surface area contributed by atoms with Crippen LogP contribution >= 0.6 is 0 Å². The Morgan fingerprint density at radius 2 is 0.909 bits per heavy atom. The number of para-hydroxylation sites is 1. The van der Waals surface area contributed by atoms with Crippen LogP contribution in [0.2, 0.25) is 0 Å². The van der Waals surface area contributed by atoms with E-state index in [1.165, 1.54) is 71.6 Å². The first-order valence-corrected chi connectivity index (χ1v) is 15.4. The topological polar surface area (TPSA) is 12.4 Å². The number of nitrogens with zero attached hydrogens (tertiary/aromatic N) is 1. The summed E-state index contributed by atoms with van der Waals surface area (Å²) in [6, 6.07) is 54.8. The normalized spacial score (nSPS) is 13.4. The quantitative estimate of drug-likeness (QED) is 0.185. The van der Waals surface area contributed by atoms with E-state index >= 15 is 0 Å². The van der Waals surface area contributed by atoms with Crippen LogP contribution in [0.1, 0.15) is 24.5 Å². The minimum atomic E-state index is 0.915. The van der Waals surface area contributed by atoms with Crippen LogP contribution in [0.4, 0.5) is 5.69 Å². The number of hydrogen-bond donors (Lipinski definition) is 0. The van der Waals surface area contributed by atoms with E-state index < -0.39 is 0 Å². The van der Waals surface area contributed by atoms with Crippen molar-refractivity contribution in [2.75, 3.05) is 0 Å². The van der Waals surface area contributed by atoms with Crippen molar-refractivity contribution in [3.63, 3.8) is 0 Å². The largest absolute Gasteiger partial charge is 0.252 e. The molecule has 0 bridgehead atoms. The maximum Gasteiger partial charge on any atom is 0.0712 e. The summed E-state index contributed by atoms with van der Waals surface area (Å²) in [4.78, 5) is 4.88. The highest BCUT2D eigenvalue weighted by Gasteiger charge is 2.19. The Balaban J connectivity index is 1.25. The first-order valence-electron chi connectivity index (χ1n) is 15.4. The van der Waals surface area contributed by atoms with Crippen LogP contribution < -0.4 is 0 Å². The molecule has 8 rings (SSSR count). The molecule has 0 N–H and O–H groups in total. The average Bonchev–Trinajstić information content (AvgIpc) is 3.45. The molecule has 208 valence electrons. The molecule has 0 saturated heterocycles. The second-order valence-corrected chi connectivity index (χ2v) is 11.4. The summed E-state index contributed by atoms with van der Waals surface area (Å²) in [5.74, 6) is 0. The Labute approximate surface area is 258 Å². The highest BCUT2D eigenvalue weighted by Crippen LogP contribution is 2.44. The fourth-order valence-electron chi connectivity index (χ4n) is 6.71. The van der Waals surface area contributed by atoms with Crippen LogP contribution in [0.25, 0.3) is 66.6 Å². The molecular formula is C43H31N. The van der Waals surface area contributed by atoms with E-state index in [0.29, 0.717) is 0 Å². The standard InChI is InChI=1S/C43H31N/c1-2-40-39(34-14-10-11-19-41(34)44-40)28-29-20-22-32(23-21-29)42-35-15-6-8-17-37(35)43(38-18-9-7-16-36(38)42)33-26-24-31(25-27-33)30-12-4-3-5-13-30/h3-28H,2H2,1H3/b39-28+. The zero-order valence-corrected chi connectivity index (χ0v) is 24.7. The number of rotatable bonds is 5. The summed E-state index contributed by atoms with van der Waals surface area (Å²) < 4.78 is 0. The molecule has 1 nitrogen and oxygen atoms in total. The van der Waals surface area contributed by atoms with Gasteiger partial charge < -0.3 is 0 Å². The van der Waals surface area contributed by atoms with Crippen molar-refractivity contribution in [3.05, 3.63) is 163 Å². The second kappa shape index (κ2) is 10.9. The summed E-state index contributed by atoms with van der Waals surface area (Å²) in [6.45, 7) is 2.18. The van der Waals surface area contributed by atoms with Crippen molar-refractivity contribution in [2.45, 2.75) is 13.3 Å². The molecule has 0 spiro atoms. The lowest BCUT2D eigenvalue weighted by Gasteiger charge is -2.18. The van der Waals surface area contributed by atoms with Crippen molar-refractivity contribution in [1.29, 1.82) is 0 Å². The van der Waals surface area contributed by atoms with Gasteiger partial charge in [-0.15, -0.1) is 0 Å². The van der Waals surface area contributed by atoms with Gasteiger partial charge in [-0.2, -0.15) is 0 Å². The summed E-state index contributed by atoms with van der Waals surface area (Å²) in [5.41, 5.74) is 13.3. The van der Waals surface area contributed by atoms with Crippen LogP contribution in [0.3, 0.4) is 0 Å². The monoisotopic (exact) mass is 561 g/mol. The smallest absolute Gasteiger partial charge is 0.0712 e. The van der Waals surface area contributed by atoms with Crippen LogP contribution in [-0.2, 0) is 0 Å². The summed E-state index contributed by atoms with van der Waals surface area (Å²) in [6.07, 6.45) is 3.20. The minimum Gasteiger partial charge on any atom is -0.252 e. The summed E-state index contributed by atoms with van der Waals surface area (Å²) in [5, 5.41) is 5.08. The van der Waals surface area contributed by atoms with E-state index in [2.05, 4.69) is 165 Å². The lowest BCUT2D eigenvalue weighted by atomic mass is 9.85. The van der Waals surface area contributed by atoms with Crippen molar-refractivity contribution in [2.24, 2.45) is 4.99 Å². The summed E-state index contributed by atoms with van der Waals surface area (Å²) in [7, 11) is 0. The molecule has 0 aromatic heterocycles. The number of allylic oxidation sites excluding steroid dienone is 1. The van der Waals surface area contributed by atoms with E-state index in [4.69, 9.17) is 4.99 Å². The van der Waals surface area contributed by atoms with E-state index in [1.807, 2.05) is 0 Å². The van der Waals surface area contributed by atoms with Crippen LogP contribution in [0.15, 0.2) is 157 Å². The molecule has 44 heavy (non-hydrogen) atoms. The molecule has 1 heteroatoms. The van der Waals surface area contributed by atoms with E-state index in [9.17, 15) is 0 Å². The molecule has 0 atom stereocenters. The Kier molecular flexibility index (Phi) is 6.50. The molecule has 0 saturated carbocycles. The molecule has 7 aromatic carbocycles. The van der Waals surface area contributed by atoms with Gasteiger partial charge in [0.2, 0.25) is 0 Å². The molecule has 1 aliphatic rings. The molecule has 1 heterocycles. The molecule has 0 radical (unpaired) electrons. The Hall–Kier alpha value is -5.53. The van der Waals surface area contributed by atoms with Crippen molar-refractivity contribution in [1.82, 2.24) is 0 Å². The minimum absolute atomic E-state index is 0.915. The third-order valence-electron chi connectivity index (χ3n) is 8.82. The van der Waals surface area contributed by atoms with Gasteiger partial charge in [-0.25, -0.2) is 0 Å². The summed E-state index contributed by atoms with van der Waals surface area (Å²) >= 11 is 0. The van der Waals surface area contributed by atoms with E-state index in [1.54, 1.807) is 0 Å². The van der Waals surface area contributed by atoms with E-state index in [0.717, 1.165) is 17.8 Å². The third-order valence-corrected chi connectivity index (χ3v) is 8.82. The fraction of sp³-hybridized carbons (Fsp3) is 0.0465. The van der Waals surface area contributed by atoms with Crippen LogP contribution in [-0.4, -0.2) is 5.71 Å². The molecule has 0 amide bonds. The predicted molar refractivity (Wildman–Crippen MR) is 189 cm³/mol. The zero-order valence-electron chi connectivity index (χ0n) is 24.7. The van der Waals surface area contributed by atoms with Gasteiger partial charge in [-0.05, 0) is 79.1 Å². The van der Waals surface area contributed by atoms with Crippen molar-refractivity contribution >= 4 is 44.6 Å². The fourth-order valence-corrected chi connectivity index (χ4v) is 6.71. The molecule has 1 aliphatic heterocycles. The predicted octanol–water partition coefficient (Wildman–Crippen LogP) is 12.0. The van der Waals surface area contributed by atoms with Gasteiger partial charge in [-0.3, -0.25) is 4.99 Å². The number of hydrogen-bond acceptors (Lipinski definition) is 1. The molecule has 0 fully saturated rings. The highest BCUT2D eigenvalue weighted by molar-refractivity contribution is 6.32. The number of benzene rings is 7. The molecule has 0 aliphatic carbocycles. The van der Waals surface area contributed by atoms with E-state index in [-0.39, 0.29) is 0 Å². The van der Waals surface area contributed by atoms with Gasteiger partial charge in [-0.1, -0.05) is 153 Å².